The third kappa shape index (κ3) is 5.57. The highest BCUT2D eigenvalue weighted by atomic mass is 35.5. The molecule has 5 rings (SSSR count). The van der Waals surface area contributed by atoms with E-state index in [1.165, 1.54) is 12.3 Å². The van der Waals surface area contributed by atoms with Gasteiger partial charge in [0.15, 0.2) is 6.10 Å². The number of piperazine rings is 1. The Morgan fingerprint density at radius 1 is 1.24 bits per heavy atom. The fourth-order valence-electron chi connectivity index (χ4n) is 4.94. The number of halogens is 1. The van der Waals surface area contributed by atoms with Gasteiger partial charge in [0.2, 0.25) is 17.7 Å². The Labute approximate surface area is 227 Å². The number of aromatic nitrogens is 2. The van der Waals surface area contributed by atoms with Crippen molar-refractivity contribution in [3.63, 3.8) is 0 Å². The summed E-state index contributed by atoms with van der Waals surface area (Å²) in [6.45, 7) is 9.20. The Bertz CT molecular complexity index is 1180. The first-order valence-corrected chi connectivity index (χ1v) is 13.0. The van der Waals surface area contributed by atoms with Crippen LogP contribution in [0.4, 0.5) is 23.0 Å². The van der Waals surface area contributed by atoms with Crippen molar-refractivity contribution in [3.05, 3.63) is 42.1 Å². The molecule has 1 aromatic heterocycles. The van der Waals surface area contributed by atoms with Crippen molar-refractivity contribution in [2.45, 2.75) is 37.4 Å². The SMILES string of the molecule is C=CC(=O)Nc1cc(Nc2ncc(Cl)c(O[C@@H]3CO[C@H]4[C@@H]3OC[C@H]4OC)n2)ccc1N1CCN(C)[C@@H](C)C1. The molecule has 0 unspecified atom stereocenters. The van der Waals surface area contributed by atoms with E-state index in [1.807, 2.05) is 18.2 Å². The second kappa shape index (κ2) is 11.4. The third-order valence-electron chi connectivity index (χ3n) is 7.24. The highest BCUT2D eigenvalue weighted by Gasteiger charge is 2.49. The predicted octanol–water partition coefficient (Wildman–Crippen LogP) is 2.70. The number of nitrogens with one attached hydrogen (secondary N) is 2. The van der Waals surface area contributed by atoms with Crippen LogP contribution in [-0.2, 0) is 19.0 Å². The topological polar surface area (TPSA) is 110 Å². The van der Waals surface area contributed by atoms with Crippen LogP contribution in [0.15, 0.2) is 37.1 Å². The quantitative estimate of drug-likeness (QED) is 0.481. The molecule has 2 N–H and O–H groups in total. The lowest BCUT2D eigenvalue weighted by Gasteiger charge is -2.39. The Morgan fingerprint density at radius 2 is 2.00 bits per heavy atom. The van der Waals surface area contributed by atoms with Gasteiger partial charge in [-0.2, -0.15) is 4.98 Å². The summed E-state index contributed by atoms with van der Waals surface area (Å²) in [6.07, 6.45) is 1.79. The largest absolute Gasteiger partial charge is 0.468 e. The number of carbonyl (C=O) groups is 1. The molecule has 0 bridgehead atoms. The van der Waals surface area contributed by atoms with Crippen molar-refractivity contribution >= 4 is 40.5 Å². The number of methoxy groups -OCH3 is 1. The number of rotatable bonds is 8. The van der Waals surface area contributed by atoms with Crippen LogP contribution in [0.5, 0.6) is 5.88 Å². The molecule has 3 aliphatic rings. The van der Waals surface area contributed by atoms with E-state index in [2.05, 4.69) is 51.0 Å². The lowest BCUT2D eigenvalue weighted by Crippen LogP contribution is -2.50. The molecule has 0 aliphatic carbocycles. The van der Waals surface area contributed by atoms with Crippen LogP contribution < -0.4 is 20.3 Å². The normalized spacial score (nSPS) is 27.2. The Morgan fingerprint density at radius 3 is 2.74 bits per heavy atom. The number of amides is 1. The molecule has 1 aromatic carbocycles. The monoisotopic (exact) mass is 544 g/mol. The van der Waals surface area contributed by atoms with Gasteiger partial charge >= 0.3 is 0 Å². The molecule has 2 aromatic rings. The molecule has 0 radical (unpaired) electrons. The van der Waals surface area contributed by atoms with E-state index in [4.69, 9.17) is 30.5 Å². The second-order valence-corrected chi connectivity index (χ2v) is 10.1. The van der Waals surface area contributed by atoms with Gasteiger partial charge in [0.05, 0.1) is 30.8 Å². The van der Waals surface area contributed by atoms with E-state index in [1.54, 1.807) is 7.11 Å². The summed E-state index contributed by atoms with van der Waals surface area (Å²) in [7, 11) is 3.76. The van der Waals surface area contributed by atoms with Gasteiger partial charge in [-0.05, 0) is 38.2 Å². The summed E-state index contributed by atoms with van der Waals surface area (Å²) >= 11 is 6.35. The summed E-state index contributed by atoms with van der Waals surface area (Å²) in [5.41, 5.74) is 2.30. The molecule has 5 atom stereocenters. The molecule has 1 amide bonds. The number of hydrogen-bond donors (Lipinski definition) is 2. The molecule has 204 valence electrons. The van der Waals surface area contributed by atoms with Crippen LogP contribution in [0.25, 0.3) is 0 Å². The van der Waals surface area contributed by atoms with Crippen molar-refractivity contribution in [2.24, 2.45) is 0 Å². The average Bonchev–Trinajstić information content (AvgIpc) is 3.50. The standard InChI is InChI=1S/C26H33ClN6O5/c1-5-22(34)30-18-10-16(6-7-19(18)33-9-8-32(3)15(2)12-33)29-26-28-11-17(27)25(31-26)38-21-14-37-23-20(35-4)13-36-24(21)23/h5-7,10-11,15,20-21,23-24H,1,8-9,12-14H2,2-4H3,(H,30,34)(H,28,29,31)/t15-,20+,21+,23+,24+/m0/s1. The molecule has 3 saturated heterocycles. The number of likely N-dealkylation sites (N-methyl/N-ethyl adjacent to an activating group) is 1. The van der Waals surface area contributed by atoms with Crippen molar-refractivity contribution in [1.82, 2.24) is 14.9 Å². The first-order chi connectivity index (χ1) is 18.4. The zero-order valence-electron chi connectivity index (χ0n) is 21.7. The zero-order valence-corrected chi connectivity index (χ0v) is 22.5. The van der Waals surface area contributed by atoms with E-state index in [0.29, 0.717) is 36.6 Å². The van der Waals surface area contributed by atoms with Gasteiger partial charge in [-0.25, -0.2) is 4.98 Å². The number of fused-ring (bicyclic) bond motifs is 1. The highest BCUT2D eigenvalue weighted by molar-refractivity contribution is 6.31. The molecule has 3 fully saturated rings. The van der Waals surface area contributed by atoms with Crippen LogP contribution >= 0.6 is 11.6 Å². The maximum absolute atomic E-state index is 12.2. The van der Waals surface area contributed by atoms with Gasteiger partial charge in [-0.1, -0.05) is 18.2 Å². The summed E-state index contributed by atoms with van der Waals surface area (Å²) in [4.78, 5) is 25.6. The maximum Gasteiger partial charge on any atom is 0.247 e. The third-order valence-corrected chi connectivity index (χ3v) is 7.50. The smallest absolute Gasteiger partial charge is 0.247 e. The lowest BCUT2D eigenvalue weighted by molar-refractivity contribution is -0.111. The van der Waals surface area contributed by atoms with Crippen LogP contribution in [0.1, 0.15) is 6.92 Å². The van der Waals surface area contributed by atoms with Crippen molar-refractivity contribution < 1.29 is 23.7 Å². The molecule has 4 heterocycles. The first kappa shape index (κ1) is 26.6. The number of hydrogen-bond acceptors (Lipinski definition) is 10. The van der Waals surface area contributed by atoms with Crippen LogP contribution in [0.3, 0.4) is 0 Å². The van der Waals surface area contributed by atoms with Gasteiger partial charge in [0.1, 0.15) is 23.3 Å². The summed E-state index contributed by atoms with van der Waals surface area (Å²) in [5, 5.41) is 6.40. The van der Waals surface area contributed by atoms with Gasteiger partial charge in [0.25, 0.3) is 0 Å². The van der Waals surface area contributed by atoms with Crippen molar-refractivity contribution in [1.29, 1.82) is 0 Å². The number of carbonyl (C=O) groups excluding carboxylic acids is 1. The number of ether oxygens (including phenoxy) is 4. The average molecular weight is 545 g/mol. The number of anilines is 4. The molecule has 11 nitrogen and oxygen atoms in total. The van der Waals surface area contributed by atoms with E-state index in [-0.39, 0.29) is 41.2 Å². The highest BCUT2D eigenvalue weighted by Crippen LogP contribution is 2.34. The zero-order chi connectivity index (χ0) is 26.8. The number of nitrogens with zero attached hydrogens (tertiary/aromatic N) is 4. The molecule has 3 aliphatic heterocycles. The van der Waals surface area contributed by atoms with E-state index in [0.717, 1.165) is 25.3 Å². The molecule has 0 spiro atoms. The van der Waals surface area contributed by atoms with Crippen molar-refractivity contribution in [2.75, 3.05) is 62.5 Å². The Balaban J connectivity index is 1.33. The summed E-state index contributed by atoms with van der Waals surface area (Å²) in [6, 6.07) is 6.14. The lowest BCUT2D eigenvalue weighted by atomic mass is 10.1. The predicted molar refractivity (Wildman–Crippen MR) is 145 cm³/mol. The Kier molecular flexibility index (Phi) is 8.01. The molecule has 0 saturated carbocycles. The van der Waals surface area contributed by atoms with E-state index < -0.39 is 0 Å². The van der Waals surface area contributed by atoms with Crippen LogP contribution in [0.2, 0.25) is 5.02 Å². The van der Waals surface area contributed by atoms with E-state index in [9.17, 15) is 4.79 Å². The molecular formula is C26H33ClN6O5. The second-order valence-electron chi connectivity index (χ2n) is 9.70. The summed E-state index contributed by atoms with van der Waals surface area (Å²) < 4.78 is 23.2. The van der Waals surface area contributed by atoms with Gasteiger partial charge < -0.3 is 39.4 Å². The minimum Gasteiger partial charge on any atom is -0.468 e. The summed E-state index contributed by atoms with van der Waals surface area (Å²) in [5.74, 6) is 0.237. The van der Waals surface area contributed by atoms with Crippen LogP contribution in [0, 0.1) is 0 Å². The van der Waals surface area contributed by atoms with Crippen LogP contribution in [-0.4, -0.2) is 98.2 Å². The minimum absolute atomic E-state index is 0.125. The van der Waals surface area contributed by atoms with E-state index >= 15 is 0 Å². The fraction of sp³-hybridized carbons (Fsp3) is 0.500. The Hall–Kier alpha value is -2.96. The van der Waals surface area contributed by atoms with Crippen molar-refractivity contribution in [3.8, 4) is 5.88 Å². The molecule has 38 heavy (non-hydrogen) atoms. The number of benzene rings is 1. The molecular weight excluding hydrogens is 512 g/mol. The van der Waals surface area contributed by atoms with Gasteiger partial charge in [-0.15, -0.1) is 0 Å². The van der Waals surface area contributed by atoms with Gasteiger partial charge in [-0.3, -0.25) is 4.79 Å². The molecule has 12 heteroatoms. The fourth-order valence-corrected chi connectivity index (χ4v) is 5.08. The maximum atomic E-state index is 12.2. The minimum atomic E-state index is -0.369. The van der Waals surface area contributed by atoms with Gasteiger partial charge in [0, 0.05) is 38.5 Å². The first-order valence-electron chi connectivity index (χ1n) is 12.6.